The Kier molecular flexibility index (Phi) is 3.73. The first kappa shape index (κ1) is 12.9. The van der Waals surface area contributed by atoms with E-state index < -0.39 is 0 Å². The van der Waals surface area contributed by atoms with Crippen LogP contribution in [0.25, 0.3) is 11.4 Å². The van der Waals surface area contributed by atoms with E-state index >= 15 is 0 Å². The average molecular weight is 298 g/mol. The summed E-state index contributed by atoms with van der Waals surface area (Å²) in [7, 11) is 0. The van der Waals surface area contributed by atoms with Crippen LogP contribution in [0.4, 0.5) is 0 Å². The molecule has 100 valence electrons. The van der Waals surface area contributed by atoms with Gasteiger partial charge in [0.25, 0.3) is 0 Å². The highest BCUT2D eigenvalue weighted by atomic mass is 35.5. The minimum Gasteiger partial charge on any atom is -0.339 e. The third kappa shape index (κ3) is 3.47. The summed E-state index contributed by atoms with van der Waals surface area (Å²) in [5.41, 5.74) is 0.766. The summed E-state index contributed by atoms with van der Waals surface area (Å²) >= 11 is 11.9. The Balaban J connectivity index is 1.68. The van der Waals surface area contributed by atoms with Gasteiger partial charge in [0.2, 0.25) is 11.7 Å². The van der Waals surface area contributed by atoms with Crippen LogP contribution >= 0.6 is 23.2 Å². The number of aromatic nitrogens is 2. The maximum absolute atomic E-state index is 5.95. The van der Waals surface area contributed by atoms with Crippen LogP contribution in [0.3, 0.4) is 0 Å². The maximum Gasteiger partial charge on any atom is 0.228 e. The molecule has 1 fully saturated rings. The van der Waals surface area contributed by atoms with Gasteiger partial charge in [-0.05, 0) is 31.0 Å². The Morgan fingerprint density at radius 3 is 2.63 bits per heavy atom. The van der Waals surface area contributed by atoms with Gasteiger partial charge in [0.15, 0.2) is 0 Å². The van der Waals surface area contributed by atoms with E-state index in [0.29, 0.717) is 27.8 Å². The van der Waals surface area contributed by atoms with E-state index in [1.165, 1.54) is 12.8 Å². The lowest BCUT2D eigenvalue weighted by Gasteiger charge is -1.98. The minimum absolute atomic E-state index is 0.519. The van der Waals surface area contributed by atoms with Gasteiger partial charge in [0.05, 0.1) is 0 Å². The molecule has 6 heteroatoms. The fraction of sp³-hybridized carbons (Fsp3) is 0.385. The van der Waals surface area contributed by atoms with Crippen molar-refractivity contribution < 1.29 is 4.52 Å². The first-order chi connectivity index (χ1) is 9.20. The van der Waals surface area contributed by atoms with Gasteiger partial charge in [-0.15, -0.1) is 0 Å². The molecule has 0 aliphatic heterocycles. The summed E-state index contributed by atoms with van der Waals surface area (Å²) in [5.74, 6) is 1.14. The molecule has 0 spiro atoms. The van der Waals surface area contributed by atoms with Crippen LogP contribution in [0.15, 0.2) is 22.7 Å². The van der Waals surface area contributed by atoms with Crippen molar-refractivity contribution >= 4 is 23.2 Å². The van der Waals surface area contributed by atoms with E-state index in [9.17, 15) is 0 Å². The molecule has 0 bridgehead atoms. The van der Waals surface area contributed by atoms with Crippen molar-refractivity contribution in [2.24, 2.45) is 0 Å². The largest absolute Gasteiger partial charge is 0.339 e. The van der Waals surface area contributed by atoms with Gasteiger partial charge in [-0.2, -0.15) is 4.98 Å². The first-order valence-corrected chi connectivity index (χ1v) is 6.99. The zero-order valence-electron chi connectivity index (χ0n) is 10.2. The molecule has 3 rings (SSSR count). The van der Waals surface area contributed by atoms with Crippen LogP contribution in [0, 0.1) is 0 Å². The van der Waals surface area contributed by atoms with Gasteiger partial charge in [-0.1, -0.05) is 28.4 Å². The Morgan fingerprint density at radius 2 is 1.95 bits per heavy atom. The second-order valence-corrected chi connectivity index (χ2v) is 5.52. The van der Waals surface area contributed by atoms with E-state index in [0.717, 1.165) is 18.5 Å². The number of hydrogen-bond acceptors (Lipinski definition) is 4. The summed E-state index contributed by atoms with van der Waals surface area (Å²) in [6.45, 7) is 0.864. The third-order valence-corrected chi connectivity index (χ3v) is 3.37. The van der Waals surface area contributed by atoms with Crippen molar-refractivity contribution in [2.75, 3.05) is 6.54 Å². The molecule has 1 N–H and O–H groups in total. The molecule has 0 saturated heterocycles. The lowest BCUT2D eigenvalue weighted by Crippen LogP contribution is -2.19. The number of hydrogen-bond donors (Lipinski definition) is 1. The van der Waals surface area contributed by atoms with Crippen LogP contribution in [0.5, 0.6) is 0 Å². The number of nitrogens with zero attached hydrogens (tertiary/aromatic N) is 2. The Labute approximate surface area is 121 Å². The Hall–Kier alpha value is -1.10. The van der Waals surface area contributed by atoms with Gasteiger partial charge in [-0.25, -0.2) is 0 Å². The number of benzene rings is 1. The molecule has 0 unspecified atom stereocenters. The molecule has 0 radical (unpaired) electrons. The summed E-state index contributed by atoms with van der Waals surface area (Å²) in [6.07, 6.45) is 3.28. The molecule has 0 amide bonds. The third-order valence-electron chi connectivity index (χ3n) is 2.94. The molecule has 19 heavy (non-hydrogen) atoms. The molecule has 2 aromatic rings. The topological polar surface area (TPSA) is 51.0 Å². The summed E-state index contributed by atoms with van der Waals surface area (Å²) in [5, 5.41) is 8.47. The second-order valence-electron chi connectivity index (χ2n) is 4.65. The fourth-order valence-corrected chi connectivity index (χ4v) is 2.35. The SMILES string of the molecule is Clc1cc(Cl)cc(-c2noc(CCNC3CC3)n2)c1. The zero-order valence-corrected chi connectivity index (χ0v) is 11.7. The van der Waals surface area contributed by atoms with Gasteiger partial charge in [-0.3, -0.25) is 0 Å². The molecule has 1 aromatic heterocycles. The van der Waals surface area contributed by atoms with Crippen LogP contribution < -0.4 is 5.32 Å². The lowest BCUT2D eigenvalue weighted by molar-refractivity contribution is 0.376. The highest BCUT2D eigenvalue weighted by Gasteiger charge is 2.20. The predicted octanol–water partition coefficient (Wildman–Crippen LogP) is 3.34. The van der Waals surface area contributed by atoms with Gasteiger partial charge in [0, 0.05) is 34.6 Å². The Bertz CT molecular complexity index is 561. The van der Waals surface area contributed by atoms with Crippen molar-refractivity contribution in [2.45, 2.75) is 25.3 Å². The van der Waals surface area contributed by atoms with Crippen molar-refractivity contribution in [3.63, 3.8) is 0 Å². The lowest BCUT2D eigenvalue weighted by atomic mass is 10.2. The molecule has 0 atom stereocenters. The molecule has 1 aliphatic rings. The molecule has 1 heterocycles. The fourth-order valence-electron chi connectivity index (χ4n) is 1.83. The van der Waals surface area contributed by atoms with Gasteiger partial charge >= 0.3 is 0 Å². The van der Waals surface area contributed by atoms with E-state index in [1.54, 1.807) is 18.2 Å². The second kappa shape index (κ2) is 5.49. The van der Waals surface area contributed by atoms with Crippen molar-refractivity contribution in [3.8, 4) is 11.4 Å². The highest BCUT2D eigenvalue weighted by molar-refractivity contribution is 6.35. The van der Waals surface area contributed by atoms with Crippen molar-refractivity contribution in [1.82, 2.24) is 15.5 Å². The normalized spacial score (nSPS) is 14.8. The molecular weight excluding hydrogens is 285 g/mol. The monoisotopic (exact) mass is 297 g/mol. The Morgan fingerprint density at radius 1 is 1.21 bits per heavy atom. The molecule has 4 nitrogen and oxygen atoms in total. The van der Waals surface area contributed by atoms with E-state index in [-0.39, 0.29) is 0 Å². The summed E-state index contributed by atoms with van der Waals surface area (Å²) < 4.78 is 5.21. The van der Waals surface area contributed by atoms with Crippen molar-refractivity contribution in [1.29, 1.82) is 0 Å². The molecular formula is C13H13Cl2N3O. The summed E-state index contributed by atoms with van der Waals surface area (Å²) in [4.78, 5) is 4.34. The van der Waals surface area contributed by atoms with Gasteiger partial charge in [0.1, 0.15) is 0 Å². The van der Waals surface area contributed by atoms with Crippen LogP contribution in [0.2, 0.25) is 10.0 Å². The van der Waals surface area contributed by atoms with Crippen LogP contribution in [-0.2, 0) is 6.42 Å². The average Bonchev–Trinajstić information content (AvgIpc) is 3.04. The molecule has 1 saturated carbocycles. The quantitative estimate of drug-likeness (QED) is 0.920. The predicted molar refractivity (Wildman–Crippen MR) is 74.5 cm³/mol. The molecule has 1 aliphatic carbocycles. The molecule has 1 aromatic carbocycles. The smallest absolute Gasteiger partial charge is 0.228 e. The van der Waals surface area contributed by atoms with Crippen LogP contribution in [-0.4, -0.2) is 22.7 Å². The standard InChI is InChI=1S/C13H13Cl2N3O/c14-9-5-8(6-10(15)7-9)13-17-12(19-18-13)3-4-16-11-1-2-11/h5-7,11,16H,1-4H2. The number of halogens is 2. The number of nitrogens with one attached hydrogen (secondary N) is 1. The van der Waals surface area contributed by atoms with E-state index in [1.807, 2.05) is 0 Å². The van der Waals surface area contributed by atoms with E-state index in [2.05, 4.69) is 15.5 Å². The zero-order chi connectivity index (χ0) is 13.2. The highest BCUT2D eigenvalue weighted by Crippen LogP contribution is 2.25. The maximum atomic E-state index is 5.95. The first-order valence-electron chi connectivity index (χ1n) is 6.23. The van der Waals surface area contributed by atoms with Gasteiger partial charge < -0.3 is 9.84 Å². The van der Waals surface area contributed by atoms with Crippen molar-refractivity contribution in [3.05, 3.63) is 34.1 Å². The van der Waals surface area contributed by atoms with E-state index in [4.69, 9.17) is 27.7 Å². The minimum atomic E-state index is 0.519. The van der Waals surface area contributed by atoms with Crippen LogP contribution in [0.1, 0.15) is 18.7 Å². The summed E-state index contributed by atoms with van der Waals surface area (Å²) in [6, 6.07) is 5.90. The number of rotatable bonds is 5.